The number of H-pyrrole nitrogens is 1. The van der Waals surface area contributed by atoms with E-state index in [9.17, 15) is 13.6 Å². The van der Waals surface area contributed by atoms with Crippen molar-refractivity contribution in [2.45, 2.75) is 13.0 Å². The monoisotopic (exact) mass is 267 g/mol. The van der Waals surface area contributed by atoms with Crippen LogP contribution in [-0.4, -0.2) is 21.1 Å². The van der Waals surface area contributed by atoms with Crippen LogP contribution in [0.1, 0.15) is 29.1 Å². The molecule has 2 rings (SSSR count). The molecule has 0 saturated heterocycles. The highest BCUT2D eigenvalue weighted by molar-refractivity contribution is 5.95. The van der Waals surface area contributed by atoms with E-state index in [1.807, 2.05) is 0 Å². The second-order valence-electron chi connectivity index (χ2n) is 3.92. The fourth-order valence-corrected chi connectivity index (χ4v) is 1.51. The van der Waals surface area contributed by atoms with Crippen LogP contribution >= 0.6 is 0 Å². The molecule has 0 aliphatic rings. The number of amides is 1. The summed E-state index contributed by atoms with van der Waals surface area (Å²) in [5.74, 6) is -2.18. The second kappa shape index (κ2) is 5.01. The molecule has 8 heteroatoms. The number of carbonyl (C=O) groups excluding carboxylic acids is 1. The molecule has 6 nitrogen and oxygen atoms in total. The first-order valence-corrected chi connectivity index (χ1v) is 5.39. The molecule has 0 spiro atoms. The molecule has 0 bridgehead atoms. The molecular weight excluding hydrogens is 256 g/mol. The lowest BCUT2D eigenvalue weighted by molar-refractivity contribution is 0.0934. The van der Waals surface area contributed by atoms with Crippen LogP contribution in [0.3, 0.4) is 0 Å². The zero-order chi connectivity index (χ0) is 14.0. The summed E-state index contributed by atoms with van der Waals surface area (Å²) in [4.78, 5) is 15.7. The topological polar surface area (TPSA) is 96.7 Å². The molecule has 2 aromatic rings. The number of carbonyl (C=O) groups is 1. The Bertz CT molecular complexity index is 599. The largest absolute Gasteiger partial charge is 0.396 e. The van der Waals surface area contributed by atoms with E-state index >= 15 is 0 Å². The van der Waals surface area contributed by atoms with E-state index in [2.05, 4.69) is 20.5 Å². The average molecular weight is 267 g/mol. The first-order chi connectivity index (χ1) is 8.99. The SMILES string of the molecule is CC(NC(=O)c1cc(N)c(F)cc1F)c1ncn[nH]1. The minimum Gasteiger partial charge on any atom is -0.396 e. The van der Waals surface area contributed by atoms with E-state index < -0.39 is 23.6 Å². The van der Waals surface area contributed by atoms with Crippen molar-refractivity contribution in [1.29, 1.82) is 0 Å². The maximum Gasteiger partial charge on any atom is 0.254 e. The summed E-state index contributed by atoms with van der Waals surface area (Å²) >= 11 is 0. The highest BCUT2D eigenvalue weighted by Crippen LogP contribution is 2.17. The number of hydrogen-bond acceptors (Lipinski definition) is 4. The first-order valence-electron chi connectivity index (χ1n) is 5.39. The maximum atomic E-state index is 13.5. The van der Waals surface area contributed by atoms with Crippen LogP contribution < -0.4 is 11.1 Å². The van der Waals surface area contributed by atoms with Crippen molar-refractivity contribution < 1.29 is 13.6 Å². The Morgan fingerprint density at radius 2 is 2.16 bits per heavy atom. The number of anilines is 1. The van der Waals surface area contributed by atoms with Gasteiger partial charge in [0.15, 0.2) is 0 Å². The third kappa shape index (κ3) is 2.67. The molecule has 4 N–H and O–H groups in total. The first kappa shape index (κ1) is 12.9. The lowest BCUT2D eigenvalue weighted by Crippen LogP contribution is -2.28. The van der Waals surface area contributed by atoms with Gasteiger partial charge < -0.3 is 11.1 Å². The second-order valence-corrected chi connectivity index (χ2v) is 3.92. The van der Waals surface area contributed by atoms with Gasteiger partial charge in [-0.3, -0.25) is 9.89 Å². The Labute approximate surface area is 107 Å². The number of aromatic nitrogens is 3. The molecule has 1 aromatic heterocycles. The van der Waals surface area contributed by atoms with E-state index in [0.717, 1.165) is 6.07 Å². The summed E-state index contributed by atoms with van der Waals surface area (Å²) in [6.07, 6.45) is 1.29. The molecular formula is C11H11F2N5O. The van der Waals surface area contributed by atoms with Crippen LogP contribution in [-0.2, 0) is 0 Å². The molecule has 0 aliphatic carbocycles. The predicted octanol–water partition coefficient (Wildman–Crippen LogP) is 1.16. The maximum absolute atomic E-state index is 13.5. The van der Waals surface area contributed by atoms with Crippen LogP contribution in [0.5, 0.6) is 0 Å². The number of halogens is 2. The van der Waals surface area contributed by atoms with Crippen molar-refractivity contribution in [2.24, 2.45) is 0 Å². The smallest absolute Gasteiger partial charge is 0.254 e. The zero-order valence-electron chi connectivity index (χ0n) is 9.95. The number of rotatable bonds is 3. The summed E-state index contributed by atoms with van der Waals surface area (Å²) in [6.45, 7) is 1.64. The number of nitrogens with two attached hydrogens (primary N) is 1. The Kier molecular flexibility index (Phi) is 3.41. The van der Waals surface area contributed by atoms with Gasteiger partial charge in [0.2, 0.25) is 0 Å². The zero-order valence-corrected chi connectivity index (χ0v) is 9.95. The third-order valence-corrected chi connectivity index (χ3v) is 2.52. The van der Waals surface area contributed by atoms with Gasteiger partial charge in [-0.1, -0.05) is 0 Å². The lowest BCUT2D eigenvalue weighted by atomic mass is 10.1. The molecule has 0 radical (unpaired) electrons. The summed E-state index contributed by atoms with van der Waals surface area (Å²) in [5.41, 5.74) is 4.68. The summed E-state index contributed by atoms with van der Waals surface area (Å²) < 4.78 is 26.5. The van der Waals surface area contributed by atoms with Crippen molar-refractivity contribution in [2.75, 3.05) is 5.73 Å². The highest BCUT2D eigenvalue weighted by atomic mass is 19.1. The molecule has 1 atom stereocenters. The van der Waals surface area contributed by atoms with E-state index in [1.165, 1.54) is 6.33 Å². The van der Waals surface area contributed by atoms with Gasteiger partial charge in [0.05, 0.1) is 17.3 Å². The van der Waals surface area contributed by atoms with Crippen molar-refractivity contribution in [3.05, 3.63) is 41.5 Å². The number of nitrogen functional groups attached to an aromatic ring is 1. The summed E-state index contributed by atoms with van der Waals surface area (Å²) in [7, 11) is 0. The van der Waals surface area contributed by atoms with Crippen molar-refractivity contribution >= 4 is 11.6 Å². The third-order valence-electron chi connectivity index (χ3n) is 2.52. The number of benzene rings is 1. The molecule has 19 heavy (non-hydrogen) atoms. The number of nitrogens with one attached hydrogen (secondary N) is 2. The molecule has 0 fully saturated rings. The van der Waals surface area contributed by atoms with E-state index in [1.54, 1.807) is 6.92 Å². The standard InChI is InChI=1S/C11H11F2N5O/c1-5(10-15-4-16-18-10)17-11(19)6-2-9(14)8(13)3-7(6)12/h2-5H,14H2,1H3,(H,17,19)(H,15,16,18). The van der Waals surface area contributed by atoms with Gasteiger partial charge in [0.1, 0.15) is 23.8 Å². The van der Waals surface area contributed by atoms with Gasteiger partial charge in [0, 0.05) is 6.07 Å². The average Bonchev–Trinajstić information content (AvgIpc) is 2.87. The molecule has 1 amide bonds. The van der Waals surface area contributed by atoms with E-state index in [4.69, 9.17) is 5.73 Å². The van der Waals surface area contributed by atoms with Gasteiger partial charge in [-0.15, -0.1) is 0 Å². The summed E-state index contributed by atoms with van der Waals surface area (Å²) in [6, 6.07) is 1.02. The van der Waals surface area contributed by atoms with Gasteiger partial charge in [-0.25, -0.2) is 13.8 Å². The number of hydrogen-bond donors (Lipinski definition) is 3. The van der Waals surface area contributed by atoms with Gasteiger partial charge >= 0.3 is 0 Å². The van der Waals surface area contributed by atoms with Gasteiger partial charge in [-0.05, 0) is 13.0 Å². The van der Waals surface area contributed by atoms with Gasteiger partial charge in [-0.2, -0.15) is 5.10 Å². The lowest BCUT2D eigenvalue weighted by Gasteiger charge is -2.12. The Balaban J connectivity index is 2.19. The molecule has 100 valence electrons. The van der Waals surface area contributed by atoms with E-state index in [0.29, 0.717) is 11.9 Å². The van der Waals surface area contributed by atoms with Crippen LogP contribution in [0.4, 0.5) is 14.5 Å². The highest BCUT2D eigenvalue weighted by Gasteiger charge is 2.18. The molecule has 1 aromatic carbocycles. The van der Waals surface area contributed by atoms with E-state index in [-0.39, 0.29) is 11.3 Å². The van der Waals surface area contributed by atoms with Crippen LogP contribution in [0.25, 0.3) is 0 Å². The van der Waals surface area contributed by atoms with Crippen molar-refractivity contribution in [1.82, 2.24) is 20.5 Å². The van der Waals surface area contributed by atoms with Crippen LogP contribution in [0, 0.1) is 11.6 Å². The fraction of sp³-hybridized carbons (Fsp3) is 0.182. The molecule has 0 aliphatic heterocycles. The molecule has 0 saturated carbocycles. The van der Waals surface area contributed by atoms with Crippen molar-refractivity contribution in [3.8, 4) is 0 Å². The molecule has 1 heterocycles. The molecule has 1 unspecified atom stereocenters. The Hall–Kier alpha value is -2.51. The van der Waals surface area contributed by atoms with Gasteiger partial charge in [0.25, 0.3) is 5.91 Å². The predicted molar refractivity (Wildman–Crippen MR) is 63.0 cm³/mol. The fourth-order valence-electron chi connectivity index (χ4n) is 1.51. The normalized spacial score (nSPS) is 12.2. The number of nitrogens with zero attached hydrogens (tertiary/aromatic N) is 2. The summed E-state index contributed by atoms with van der Waals surface area (Å²) in [5, 5.41) is 8.71. The van der Waals surface area contributed by atoms with Crippen LogP contribution in [0.2, 0.25) is 0 Å². The van der Waals surface area contributed by atoms with Crippen LogP contribution in [0.15, 0.2) is 18.5 Å². The Morgan fingerprint density at radius 1 is 1.42 bits per heavy atom. The minimum absolute atomic E-state index is 0.293. The minimum atomic E-state index is -0.978. The quantitative estimate of drug-likeness (QED) is 0.727. The number of aromatic amines is 1. The Morgan fingerprint density at radius 3 is 2.79 bits per heavy atom. The van der Waals surface area contributed by atoms with Crippen molar-refractivity contribution in [3.63, 3.8) is 0 Å².